The summed E-state index contributed by atoms with van der Waals surface area (Å²) in [5, 5.41) is 8.43. The SMILES string of the molecule is Cl.O=C(Nc1nc(-c2ccc3c(c2)OCCO3)cs1)C1COCCN1. The summed E-state index contributed by atoms with van der Waals surface area (Å²) in [5.41, 5.74) is 1.72. The lowest BCUT2D eigenvalue weighted by Crippen LogP contribution is -2.48. The zero-order valence-corrected chi connectivity index (χ0v) is 15.0. The summed E-state index contributed by atoms with van der Waals surface area (Å²) in [7, 11) is 0. The first-order valence-corrected chi connectivity index (χ1v) is 8.65. The minimum atomic E-state index is -0.333. The van der Waals surface area contributed by atoms with Crippen molar-refractivity contribution in [3.63, 3.8) is 0 Å². The highest BCUT2D eigenvalue weighted by molar-refractivity contribution is 7.14. The molecule has 0 bridgehead atoms. The Hall–Kier alpha value is -1.87. The van der Waals surface area contributed by atoms with E-state index in [1.165, 1.54) is 11.3 Å². The van der Waals surface area contributed by atoms with Crippen LogP contribution >= 0.6 is 23.7 Å². The number of nitrogens with zero attached hydrogens (tertiary/aromatic N) is 1. The van der Waals surface area contributed by atoms with E-state index in [0.29, 0.717) is 38.1 Å². The Bertz CT molecular complexity index is 749. The maximum atomic E-state index is 12.2. The van der Waals surface area contributed by atoms with Crippen molar-refractivity contribution in [1.82, 2.24) is 10.3 Å². The number of hydrogen-bond donors (Lipinski definition) is 2. The lowest BCUT2D eigenvalue weighted by Gasteiger charge is -2.22. The fourth-order valence-electron chi connectivity index (χ4n) is 2.59. The summed E-state index contributed by atoms with van der Waals surface area (Å²) < 4.78 is 16.4. The van der Waals surface area contributed by atoms with E-state index < -0.39 is 0 Å². The number of anilines is 1. The minimum Gasteiger partial charge on any atom is -0.486 e. The molecule has 1 aromatic carbocycles. The predicted octanol–water partition coefficient (Wildman–Crippen LogP) is 1.93. The maximum Gasteiger partial charge on any atom is 0.245 e. The Balaban J connectivity index is 0.00000182. The van der Waals surface area contributed by atoms with Crippen molar-refractivity contribution in [3.8, 4) is 22.8 Å². The Kier molecular flexibility index (Phi) is 5.74. The molecule has 0 saturated carbocycles. The molecule has 2 aliphatic heterocycles. The number of aromatic nitrogens is 1. The van der Waals surface area contributed by atoms with Crippen LogP contribution in [0.25, 0.3) is 11.3 Å². The fraction of sp³-hybridized carbons (Fsp3) is 0.375. The van der Waals surface area contributed by atoms with E-state index in [9.17, 15) is 4.79 Å². The van der Waals surface area contributed by atoms with Crippen LogP contribution < -0.4 is 20.1 Å². The molecule has 2 aliphatic rings. The molecule has 2 N–H and O–H groups in total. The van der Waals surface area contributed by atoms with Gasteiger partial charge in [0.2, 0.25) is 5.91 Å². The molecule has 1 unspecified atom stereocenters. The number of nitrogens with one attached hydrogen (secondary N) is 2. The molecule has 1 atom stereocenters. The number of rotatable bonds is 3. The standard InChI is InChI=1S/C16H17N3O4S.ClH/c20-15(11-8-21-4-3-17-11)19-16-18-12(9-24-16)10-1-2-13-14(7-10)23-6-5-22-13;/h1-2,7,9,11,17H,3-6,8H2,(H,18,19,20);1H. The molecule has 25 heavy (non-hydrogen) atoms. The van der Waals surface area contributed by atoms with Gasteiger partial charge in [-0.3, -0.25) is 4.79 Å². The summed E-state index contributed by atoms with van der Waals surface area (Å²) in [5.74, 6) is 1.34. The Morgan fingerprint density at radius 3 is 2.88 bits per heavy atom. The van der Waals surface area contributed by atoms with Gasteiger partial charge in [0.25, 0.3) is 0 Å². The third kappa shape index (κ3) is 4.04. The minimum absolute atomic E-state index is 0. The van der Waals surface area contributed by atoms with Gasteiger partial charge in [-0.1, -0.05) is 0 Å². The largest absolute Gasteiger partial charge is 0.486 e. The molecule has 1 amide bonds. The summed E-state index contributed by atoms with van der Waals surface area (Å²) >= 11 is 1.39. The van der Waals surface area contributed by atoms with Gasteiger partial charge in [0.05, 0.1) is 18.9 Å². The Labute approximate surface area is 155 Å². The molecule has 3 heterocycles. The van der Waals surface area contributed by atoms with E-state index in [4.69, 9.17) is 14.2 Å². The molecule has 134 valence electrons. The van der Waals surface area contributed by atoms with Crippen LogP contribution in [0, 0.1) is 0 Å². The van der Waals surface area contributed by atoms with E-state index in [-0.39, 0.29) is 24.4 Å². The van der Waals surface area contributed by atoms with E-state index in [1.54, 1.807) is 0 Å². The highest BCUT2D eigenvalue weighted by Gasteiger charge is 2.22. The van der Waals surface area contributed by atoms with E-state index in [1.807, 2.05) is 23.6 Å². The lowest BCUT2D eigenvalue weighted by molar-refractivity contribution is -0.120. The normalized spacial score (nSPS) is 19.0. The van der Waals surface area contributed by atoms with Gasteiger partial charge < -0.3 is 24.8 Å². The van der Waals surface area contributed by atoms with Gasteiger partial charge in [0.15, 0.2) is 16.6 Å². The Morgan fingerprint density at radius 2 is 2.08 bits per heavy atom. The maximum absolute atomic E-state index is 12.2. The topological polar surface area (TPSA) is 81.7 Å². The third-order valence-electron chi connectivity index (χ3n) is 3.81. The van der Waals surface area contributed by atoms with Gasteiger partial charge in [-0.05, 0) is 18.2 Å². The summed E-state index contributed by atoms with van der Waals surface area (Å²) in [6.45, 7) is 2.81. The van der Waals surface area contributed by atoms with Crippen molar-refractivity contribution in [3.05, 3.63) is 23.6 Å². The summed E-state index contributed by atoms with van der Waals surface area (Å²) in [6, 6.07) is 5.39. The molecular formula is C16H18ClN3O4S. The second-order valence-corrected chi connectivity index (χ2v) is 6.33. The smallest absolute Gasteiger partial charge is 0.245 e. The second-order valence-electron chi connectivity index (χ2n) is 5.47. The van der Waals surface area contributed by atoms with Crippen LogP contribution in [0.15, 0.2) is 23.6 Å². The quantitative estimate of drug-likeness (QED) is 0.842. The Morgan fingerprint density at radius 1 is 1.24 bits per heavy atom. The summed E-state index contributed by atoms with van der Waals surface area (Å²) in [6.07, 6.45) is 0. The van der Waals surface area contributed by atoms with E-state index in [0.717, 1.165) is 22.8 Å². The average molecular weight is 384 g/mol. The molecule has 7 nitrogen and oxygen atoms in total. The number of thiazole rings is 1. The number of morpholine rings is 1. The highest BCUT2D eigenvalue weighted by Crippen LogP contribution is 2.35. The highest BCUT2D eigenvalue weighted by atomic mass is 35.5. The zero-order valence-electron chi connectivity index (χ0n) is 13.3. The van der Waals surface area contributed by atoms with Gasteiger partial charge >= 0.3 is 0 Å². The molecule has 0 aliphatic carbocycles. The number of amides is 1. The first kappa shape index (κ1) is 17.9. The number of hydrogen-bond acceptors (Lipinski definition) is 7. The first-order chi connectivity index (χ1) is 11.8. The molecule has 0 radical (unpaired) electrons. The number of ether oxygens (including phenoxy) is 3. The van der Waals surface area contributed by atoms with Crippen LogP contribution in [0.2, 0.25) is 0 Å². The molecule has 1 fully saturated rings. The molecule has 9 heteroatoms. The number of carbonyl (C=O) groups is 1. The van der Waals surface area contributed by atoms with Gasteiger partial charge in [-0.2, -0.15) is 0 Å². The van der Waals surface area contributed by atoms with Crippen molar-refractivity contribution in [2.45, 2.75) is 6.04 Å². The number of halogens is 1. The number of fused-ring (bicyclic) bond motifs is 1. The molecular weight excluding hydrogens is 366 g/mol. The summed E-state index contributed by atoms with van der Waals surface area (Å²) in [4.78, 5) is 16.7. The predicted molar refractivity (Wildman–Crippen MR) is 97.0 cm³/mol. The van der Waals surface area contributed by atoms with Crippen LogP contribution in [0.3, 0.4) is 0 Å². The van der Waals surface area contributed by atoms with Crippen LogP contribution in [0.4, 0.5) is 5.13 Å². The van der Waals surface area contributed by atoms with Crippen molar-refractivity contribution < 1.29 is 19.0 Å². The van der Waals surface area contributed by atoms with Crippen molar-refractivity contribution in [2.24, 2.45) is 0 Å². The molecule has 1 saturated heterocycles. The molecule has 1 aromatic heterocycles. The van der Waals surface area contributed by atoms with Crippen LogP contribution in [-0.2, 0) is 9.53 Å². The van der Waals surface area contributed by atoms with Gasteiger partial charge in [-0.25, -0.2) is 4.98 Å². The van der Waals surface area contributed by atoms with E-state index >= 15 is 0 Å². The van der Waals surface area contributed by atoms with Crippen LogP contribution in [0.5, 0.6) is 11.5 Å². The molecule has 4 rings (SSSR count). The molecule has 2 aromatic rings. The molecule has 0 spiro atoms. The van der Waals surface area contributed by atoms with Crippen molar-refractivity contribution in [1.29, 1.82) is 0 Å². The van der Waals surface area contributed by atoms with Crippen LogP contribution in [0.1, 0.15) is 0 Å². The first-order valence-electron chi connectivity index (χ1n) is 7.77. The number of benzene rings is 1. The van der Waals surface area contributed by atoms with Crippen molar-refractivity contribution in [2.75, 3.05) is 38.3 Å². The van der Waals surface area contributed by atoms with Crippen molar-refractivity contribution >= 4 is 34.8 Å². The van der Waals surface area contributed by atoms with Gasteiger partial charge in [0.1, 0.15) is 19.3 Å². The van der Waals surface area contributed by atoms with Gasteiger partial charge in [0, 0.05) is 17.5 Å². The fourth-order valence-corrected chi connectivity index (χ4v) is 3.32. The average Bonchev–Trinajstić information content (AvgIpc) is 3.10. The third-order valence-corrected chi connectivity index (χ3v) is 4.57. The van der Waals surface area contributed by atoms with Gasteiger partial charge in [-0.15, -0.1) is 23.7 Å². The zero-order chi connectivity index (χ0) is 16.4. The second kappa shape index (κ2) is 8.01. The number of carbonyl (C=O) groups excluding carboxylic acids is 1. The monoisotopic (exact) mass is 383 g/mol. The van der Waals surface area contributed by atoms with Crippen LogP contribution in [-0.4, -0.2) is 49.9 Å². The van der Waals surface area contributed by atoms with E-state index in [2.05, 4.69) is 15.6 Å². The lowest BCUT2D eigenvalue weighted by atomic mass is 10.1.